The summed E-state index contributed by atoms with van der Waals surface area (Å²) in [4.78, 5) is 17.6. The monoisotopic (exact) mass is 487 g/mol. The van der Waals surface area contributed by atoms with Crippen molar-refractivity contribution in [1.29, 1.82) is 0 Å². The third-order valence-electron chi connectivity index (χ3n) is 4.80. The lowest BCUT2D eigenvalue weighted by molar-refractivity contribution is -0.274. The lowest BCUT2D eigenvalue weighted by Crippen LogP contribution is -2.17. The molecule has 0 radical (unpaired) electrons. The largest absolute Gasteiger partial charge is 0.573 e. The van der Waals surface area contributed by atoms with Gasteiger partial charge in [-0.1, -0.05) is 0 Å². The maximum Gasteiger partial charge on any atom is 0.573 e. The van der Waals surface area contributed by atoms with Crippen LogP contribution in [0.1, 0.15) is 22.2 Å². The Bertz CT molecular complexity index is 1290. The van der Waals surface area contributed by atoms with E-state index in [1.807, 2.05) is 31.2 Å². The number of aromatic nitrogens is 1. The quantitative estimate of drug-likeness (QED) is 0.299. The maximum absolute atomic E-state index is 12.8. The molecule has 0 saturated carbocycles. The van der Waals surface area contributed by atoms with Gasteiger partial charge in [0, 0.05) is 29.9 Å². The molecule has 0 saturated heterocycles. The van der Waals surface area contributed by atoms with Crippen LogP contribution in [0.25, 0.3) is 10.9 Å². The zero-order valence-corrected chi connectivity index (χ0v) is 18.8. The highest BCUT2D eigenvalue weighted by atomic mass is 32.1. The van der Waals surface area contributed by atoms with Gasteiger partial charge in [0.2, 0.25) is 0 Å². The van der Waals surface area contributed by atoms with E-state index in [2.05, 4.69) is 20.4 Å². The Kier molecular flexibility index (Phi) is 6.87. The van der Waals surface area contributed by atoms with Crippen LogP contribution in [0.4, 0.5) is 24.5 Å². The summed E-state index contributed by atoms with van der Waals surface area (Å²) in [6, 6.07) is 14.4. The molecule has 0 fully saturated rings. The number of carbonyl (C=O) groups excluding carboxylic acids is 1. The summed E-state index contributed by atoms with van der Waals surface area (Å²) in [6.45, 7) is 2.96. The number of carbonyl (C=O) groups is 1. The first-order valence-electron chi connectivity index (χ1n) is 10.3. The molecule has 0 atom stereocenters. The highest BCUT2D eigenvalue weighted by molar-refractivity contribution is 7.12. The minimum Gasteiger partial charge on any atom is -0.494 e. The van der Waals surface area contributed by atoms with Gasteiger partial charge in [-0.15, -0.1) is 24.5 Å². The number of nitrogens with zero attached hydrogens (tertiary/aromatic N) is 1. The number of halogens is 3. The molecule has 0 aliphatic carbocycles. The molecular weight excluding hydrogens is 467 g/mol. The summed E-state index contributed by atoms with van der Waals surface area (Å²) >= 11 is 1.26. The normalized spacial score (nSPS) is 11.3. The van der Waals surface area contributed by atoms with Crippen LogP contribution in [-0.2, 0) is 6.54 Å². The Labute approximate surface area is 197 Å². The molecule has 2 heterocycles. The molecule has 0 aliphatic rings. The van der Waals surface area contributed by atoms with Crippen LogP contribution in [0.2, 0.25) is 0 Å². The Balaban J connectivity index is 1.43. The molecule has 4 rings (SSSR count). The van der Waals surface area contributed by atoms with E-state index in [1.54, 1.807) is 17.6 Å². The fourth-order valence-electron chi connectivity index (χ4n) is 3.34. The molecule has 0 aliphatic heterocycles. The summed E-state index contributed by atoms with van der Waals surface area (Å²) in [5, 5.41) is 8.74. The number of benzene rings is 2. The number of anilines is 2. The van der Waals surface area contributed by atoms with Crippen molar-refractivity contribution in [2.75, 3.05) is 17.2 Å². The van der Waals surface area contributed by atoms with Crippen LogP contribution in [0.5, 0.6) is 11.5 Å². The number of amides is 1. The topological polar surface area (TPSA) is 72.5 Å². The second kappa shape index (κ2) is 10.0. The van der Waals surface area contributed by atoms with Crippen molar-refractivity contribution in [3.05, 3.63) is 76.6 Å². The zero-order chi connectivity index (χ0) is 24.1. The summed E-state index contributed by atoms with van der Waals surface area (Å²) in [6.07, 6.45) is -3.05. The third-order valence-corrected chi connectivity index (χ3v) is 5.72. The van der Waals surface area contributed by atoms with Crippen LogP contribution >= 0.6 is 11.3 Å². The Morgan fingerprint density at radius 2 is 1.82 bits per heavy atom. The molecule has 0 bridgehead atoms. The van der Waals surface area contributed by atoms with Crippen molar-refractivity contribution in [2.24, 2.45) is 0 Å². The van der Waals surface area contributed by atoms with E-state index in [4.69, 9.17) is 4.74 Å². The fourth-order valence-corrected chi connectivity index (χ4v) is 4.11. The maximum atomic E-state index is 12.8. The van der Waals surface area contributed by atoms with E-state index in [9.17, 15) is 18.0 Å². The highest BCUT2D eigenvalue weighted by Crippen LogP contribution is 2.28. The van der Waals surface area contributed by atoms with Crippen molar-refractivity contribution in [2.45, 2.75) is 19.8 Å². The van der Waals surface area contributed by atoms with Crippen LogP contribution in [0.3, 0.4) is 0 Å². The number of fused-ring (bicyclic) bond motifs is 1. The third kappa shape index (κ3) is 5.76. The van der Waals surface area contributed by atoms with Gasteiger partial charge in [-0.25, -0.2) is 0 Å². The van der Waals surface area contributed by atoms with Crippen molar-refractivity contribution < 1.29 is 27.4 Å². The van der Waals surface area contributed by atoms with E-state index < -0.39 is 6.36 Å². The van der Waals surface area contributed by atoms with Gasteiger partial charge in [-0.3, -0.25) is 9.78 Å². The number of pyridine rings is 1. The van der Waals surface area contributed by atoms with Crippen molar-refractivity contribution in [3.8, 4) is 11.5 Å². The predicted molar refractivity (Wildman–Crippen MR) is 126 cm³/mol. The predicted octanol–water partition coefficient (Wildman–Crippen LogP) is 6.46. The molecule has 2 aromatic carbocycles. The van der Waals surface area contributed by atoms with E-state index in [-0.39, 0.29) is 11.7 Å². The highest BCUT2D eigenvalue weighted by Gasteiger charge is 2.31. The number of hydrogen-bond donors (Lipinski definition) is 2. The fraction of sp³-hybridized carbons (Fsp3) is 0.167. The van der Waals surface area contributed by atoms with Crippen molar-refractivity contribution in [3.63, 3.8) is 0 Å². The smallest absolute Gasteiger partial charge is 0.494 e. The summed E-state index contributed by atoms with van der Waals surface area (Å²) in [7, 11) is 0. The number of hydrogen-bond acceptors (Lipinski definition) is 6. The lowest BCUT2D eigenvalue weighted by Gasteiger charge is -2.12. The summed E-state index contributed by atoms with van der Waals surface area (Å²) in [5.74, 6) is 0.0206. The molecule has 4 aromatic rings. The van der Waals surface area contributed by atoms with Crippen LogP contribution in [-0.4, -0.2) is 23.9 Å². The van der Waals surface area contributed by atoms with Crippen LogP contribution < -0.4 is 20.1 Å². The molecule has 6 nitrogen and oxygen atoms in total. The molecule has 1 amide bonds. The average molecular weight is 488 g/mol. The van der Waals surface area contributed by atoms with Gasteiger partial charge in [0.05, 0.1) is 17.8 Å². The number of ether oxygens (including phenoxy) is 2. The van der Waals surface area contributed by atoms with Gasteiger partial charge in [0.1, 0.15) is 16.4 Å². The number of nitrogens with one attached hydrogen (secondary N) is 2. The Morgan fingerprint density at radius 3 is 2.56 bits per heavy atom. The molecule has 10 heteroatoms. The van der Waals surface area contributed by atoms with Gasteiger partial charge in [-0.2, -0.15) is 0 Å². The second-order valence-corrected chi connectivity index (χ2v) is 8.04. The van der Waals surface area contributed by atoms with E-state index in [0.29, 0.717) is 29.4 Å². The van der Waals surface area contributed by atoms with Crippen LogP contribution in [0.15, 0.2) is 66.2 Å². The minimum atomic E-state index is -4.77. The van der Waals surface area contributed by atoms with Gasteiger partial charge in [0.25, 0.3) is 5.91 Å². The first kappa shape index (κ1) is 23.4. The van der Waals surface area contributed by atoms with Crippen LogP contribution in [0, 0.1) is 0 Å². The van der Waals surface area contributed by atoms with E-state index >= 15 is 0 Å². The van der Waals surface area contributed by atoms with E-state index in [0.717, 1.165) is 34.3 Å². The van der Waals surface area contributed by atoms with Gasteiger partial charge < -0.3 is 20.1 Å². The molecule has 0 unspecified atom stereocenters. The standard InChI is InChI=1S/C24H20F3N3O3S/c1-2-32-18-7-8-19-15(9-11-28-21(19)13-18)14-29-20-10-12-34-22(20)23(31)30-16-3-5-17(6-4-16)33-24(25,26)27/h3-13,29H,2,14H2,1H3,(H,30,31). The Hall–Kier alpha value is -3.79. The summed E-state index contributed by atoms with van der Waals surface area (Å²) < 4.78 is 46.3. The van der Waals surface area contributed by atoms with Gasteiger partial charge in [0.15, 0.2) is 0 Å². The minimum absolute atomic E-state index is 0.351. The lowest BCUT2D eigenvalue weighted by atomic mass is 10.1. The first-order valence-corrected chi connectivity index (χ1v) is 11.2. The van der Waals surface area contributed by atoms with Crippen molar-refractivity contribution >= 4 is 39.5 Å². The molecule has 2 N–H and O–H groups in total. The molecule has 176 valence electrons. The number of rotatable bonds is 8. The molecular formula is C24H20F3N3O3S. The molecule has 2 aromatic heterocycles. The van der Waals surface area contributed by atoms with Crippen molar-refractivity contribution in [1.82, 2.24) is 4.98 Å². The zero-order valence-electron chi connectivity index (χ0n) is 18.0. The molecule has 0 spiro atoms. The molecule has 34 heavy (non-hydrogen) atoms. The van der Waals surface area contributed by atoms with Gasteiger partial charge in [-0.05, 0) is 66.4 Å². The average Bonchev–Trinajstić information content (AvgIpc) is 3.27. The SMILES string of the molecule is CCOc1ccc2c(CNc3ccsc3C(=O)Nc3ccc(OC(F)(F)F)cc3)ccnc2c1. The van der Waals surface area contributed by atoms with E-state index in [1.165, 1.54) is 23.5 Å². The number of thiophene rings is 1. The number of alkyl halides is 3. The Morgan fingerprint density at radius 1 is 1.06 bits per heavy atom. The second-order valence-electron chi connectivity index (χ2n) is 7.13. The first-order chi connectivity index (χ1) is 16.3. The van der Waals surface area contributed by atoms with Gasteiger partial charge >= 0.3 is 6.36 Å². The summed E-state index contributed by atoms with van der Waals surface area (Å²) in [5.41, 5.74) is 2.82.